The molecule has 3 unspecified atom stereocenters. The van der Waals surface area contributed by atoms with Gasteiger partial charge in [0.2, 0.25) is 0 Å². The summed E-state index contributed by atoms with van der Waals surface area (Å²) in [7, 11) is 0. The summed E-state index contributed by atoms with van der Waals surface area (Å²) in [5, 5.41) is 23.2. The molecule has 0 saturated carbocycles. The molecule has 1 aliphatic rings. The molecule has 1 fully saturated rings. The molecule has 1 heterocycles. The van der Waals surface area contributed by atoms with E-state index in [-0.39, 0.29) is 12.1 Å². The van der Waals surface area contributed by atoms with E-state index in [0.29, 0.717) is 25.9 Å². The molecular formula is C23H27BrN2O5. The Morgan fingerprint density at radius 2 is 1.65 bits per heavy atom. The maximum absolute atomic E-state index is 12.6. The minimum absolute atomic E-state index is 0.0245. The fraction of sp³-hybridized carbons (Fsp3) is 0.391. The Kier molecular flexibility index (Phi) is 8.06. The molecule has 2 aromatic carbocycles. The zero-order valence-corrected chi connectivity index (χ0v) is 18.9. The first-order valence-corrected chi connectivity index (χ1v) is 11.1. The SMILES string of the molecule is CC(NC(=O)C(O)C(O)C(=O)N1CCC(Oc2ccccc2)CC1)c1ccc(Br)cc1. The molecule has 1 aliphatic heterocycles. The molecule has 7 nitrogen and oxygen atoms in total. The van der Waals surface area contributed by atoms with Gasteiger partial charge in [-0.1, -0.05) is 46.3 Å². The van der Waals surface area contributed by atoms with Gasteiger partial charge in [-0.25, -0.2) is 0 Å². The van der Waals surface area contributed by atoms with Gasteiger partial charge < -0.3 is 25.2 Å². The summed E-state index contributed by atoms with van der Waals surface area (Å²) in [4.78, 5) is 26.4. The molecule has 8 heteroatoms. The minimum atomic E-state index is -1.84. The van der Waals surface area contributed by atoms with Crippen LogP contribution in [-0.2, 0) is 9.59 Å². The standard InChI is InChI=1S/C23H27BrN2O5/c1-15(16-7-9-17(24)10-8-16)25-22(29)20(27)21(28)23(30)26-13-11-19(12-14-26)31-18-5-3-2-4-6-18/h2-10,15,19-21,27-28H,11-14H2,1H3,(H,25,29). The van der Waals surface area contributed by atoms with Gasteiger partial charge in [-0.3, -0.25) is 9.59 Å². The van der Waals surface area contributed by atoms with Crippen LogP contribution in [0.4, 0.5) is 0 Å². The number of amides is 2. The van der Waals surface area contributed by atoms with Gasteiger partial charge in [0.25, 0.3) is 11.8 Å². The van der Waals surface area contributed by atoms with Gasteiger partial charge in [0.05, 0.1) is 6.04 Å². The number of piperidine rings is 1. The zero-order valence-electron chi connectivity index (χ0n) is 17.3. The average molecular weight is 491 g/mol. The number of hydrogen-bond acceptors (Lipinski definition) is 5. The van der Waals surface area contributed by atoms with Crippen LogP contribution in [0.1, 0.15) is 31.4 Å². The number of aliphatic hydroxyl groups is 2. The van der Waals surface area contributed by atoms with E-state index in [0.717, 1.165) is 15.8 Å². The van der Waals surface area contributed by atoms with Crippen LogP contribution in [0.15, 0.2) is 59.1 Å². The second-order valence-electron chi connectivity index (χ2n) is 7.63. The lowest BCUT2D eigenvalue weighted by atomic mass is 10.0. The maximum Gasteiger partial charge on any atom is 0.254 e. The number of likely N-dealkylation sites (tertiary alicyclic amines) is 1. The summed E-state index contributed by atoms with van der Waals surface area (Å²) in [6.45, 7) is 2.54. The second-order valence-corrected chi connectivity index (χ2v) is 8.54. The molecule has 1 saturated heterocycles. The molecule has 0 radical (unpaired) electrons. The molecular weight excluding hydrogens is 464 g/mol. The third-order valence-corrected chi connectivity index (χ3v) is 5.88. The lowest BCUT2D eigenvalue weighted by Gasteiger charge is -2.34. The van der Waals surface area contributed by atoms with Crippen LogP contribution in [0.25, 0.3) is 0 Å². The van der Waals surface area contributed by atoms with E-state index in [1.807, 2.05) is 54.6 Å². The number of carbonyl (C=O) groups is 2. The lowest BCUT2D eigenvalue weighted by Crippen LogP contribution is -2.53. The summed E-state index contributed by atoms with van der Waals surface area (Å²) in [5.74, 6) is -0.671. The largest absolute Gasteiger partial charge is 0.490 e. The van der Waals surface area contributed by atoms with E-state index in [4.69, 9.17) is 4.74 Å². The summed E-state index contributed by atoms with van der Waals surface area (Å²) in [6.07, 6.45) is -2.47. The van der Waals surface area contributed by atoms with Gasteiger partial charge in [0.1, 0.15) is 11.9 Å². The van der Waals surface area contributed by atoms with Crippen molar-refractivity contribution in [1.82, 2.24) is 10.2 Å². The molecule has 2 aromatic rings. The molecule has 0 bridgehead atoms. The van der Waals surface area contributed by atoms with Crippen molar-refractivity contribution in [3.05, 3.63) is 64.6 Å². The maximum atomic E-state index is 12.6. The highest BCUT2D eigenvalue weighted by molar-refractivity contribution is 9.10. The van der Waals surface area contributed by atoms with Crippen molar-refractivity contribution < 1.29 is 24.5 Å². The molecule has 0 aromatic heterocycles. The quantitative estimate of drug-likeness (QED) is 0.553. The van der Waals surface area contributed by atoms with E-state index in [9.17, 15) is 19.8 Å². The Morgan fingerprint density at radius 1 is 1.03 bits per heavy atom. The van der Waals surface area contributed by atoms with Crippen molar-refractivity contribution in [2.24, 2.45) is 0 Å². The van der Waals surface area contributed by atoms with E-state index in [1.54, 1.807) is 6.92 Å². The van der Waals surface area contributed by atoms with E-state index in [2.05, 4.69) is 21.2 Å². The van der Waals surface area contributed by atoms with Crippen molar-refractivity contribution in [2.45, 2.75) is 44.1 Å². The first kappa shape index (κ1) is 23.2. The summed E-state index contributed by atoms with van der Waals surface area (Å²) < 4.78 is 6.82. The smallest absolute Gasteiger partial charge is 0.254 e. The van der Waals surface area contributed by atoms with Crippen molar-refractivity contribution in [2.75, 3.05) is 13.1 Å². The summed E-state index contributed by atoms with van der Waals surface area (Å²) in [6, 6.07) is 16.4. The summed E-state index contributed by atoms with van der Waals surface area (Å²) in [5.41, 5.74) is 0.838. The highest BCUT2D eigenvalue weighted by Gasteiger charge is 2.35. The highest BCUT2D eigenvalue weighted by atomic mass is 79.9. The number of halogens is 1. The molecule has 0 spiro atoms. The molecule has 3 rings (SSSR count). The van der Waals surface area contributed by atoms with Crippen LogP contribution in [0.5, 0.6) is 5.75 Å². The van der Waals surface area contributed by atoms with E-state index >= 15 is 0 Å². The van der Waals surface area contributed by atoms with Crippen molar-refractivity contribution in [1.29, 1.82) is 0 Å². The first-order valence-electron chi connectivity index (χ1n) is 10.3. The number of nitrogens with zero attached hydrogens (tertiary/aromatic N) is 1. The predicted octanol–water partition coefficient (Wildman–Crippen LogP) is 2.42. The normalized spacial score (nSPS) is 17.5. The number of carbonyl (C=O) groups excluding carboxylic acids is 2. The third-order valence-electron chi connectivity index (χ3n) is 5.35. The van der Waals surface area contributed by atoms with E-state index in [1.165, 1.54) is 4.90 Å². The fourth-order valence-electron chi connectivity index (χ4n) is 3.48. The first-order chi connectivity index (χ1) is 14.8. The molecule has 2 amide bonds. The van der Waals surface area contributed by atoms with Crippen molar-refractivity contribution in [3.8, 4) is 5.75 Å². The second kappa shape index (κ2) is 10.7. The minimum Gasteiger partial charge on any atom is -0.490 e. The Balaban J connectivity index is 1.48. The number of ether oxygens (including phenoxy) is 1. The molecule has 0 aliphatic carbocycles. The number of nitrogens with one attached hydrogen (secondary N) is 1. The predicted molar refractivity (Wildman–Crippen MR) is 119 cm³/mol. The van der Waals surface area contributed by atoms with Gasteiger partial charge in [-0.05, 0) is 36.8 Å². The van der Waals surface area contributed by atoms with E-state index < -0.39 is 24.0 Å². The summed E-state index contributed by atoms with van der Waals surface area (Å²) >= 11 is 3.35. The molecule has 31 heavy (non-hydrogen) atoms. The Hall–Kier alpha value is -2.42. The number of hydrogen-bond donors (Lipinski definition) is 3. The van der Waals surface area contributed by atoms with Gasteiger partial charge in [-0.2, -0.15) is 0 Å². The molecule has 3 N–H and O–H groups in total. The van der Waals surface area contributed by atoms with Crippen molar-refractivity contribution >= 4 is 27.7 Å². The van der Waals surface area contributed by atoms with Crippen LogP contribution in [0.2, 0.25) is 0 Å². The Labute approximate surface area is 190 Å². The monoisotopic (exact) mass is 490 g/mol. The zero-order chi connectivity index (χ0) is 22.4. The van der Waals surface area contributed by atoms with Gasteiger partial charge >= 0.3 is 0 Å². The Bertz CT molecular complexity index is 869. The number of aliphatic hydroxyl groups excluding tert-OH is 2. The Morgan fingerprint density at radius 3 is 2.26 bits per heavy atom. The van der Waals surface area contributed by atoms with Gasteiger partial charge in [-0.15, -0.1) is 0 Å². The number of benzene rings is 2. The van der Waals surface area contributed by atoms with Crippen LogP contribution in [0.3, 0.4) is 0 Å². The number of para-hydroxylation sites is 1. The third kappa shape index (κ3) is 6.29. The average Bonchev–Trinajstić information content (AvgIpc) is 2.79. The fourth-order valence-corrected chi connectivity index (χ4v) is 3.75. The van der Waals surface area contributed by atoms with Crippen LogP contribution in [0, 0.1) is 0 Å². The van der Waals surface area contributed by atoms with Crippen LogP contribution >= 0.6 is 15.9 Å². The molecule has 3 atom stereocenters. The van der Waals surface area contributed by atoms with Gasteiger partial charge in [0, 0.05) is 30.4 Å². The van der Waals surface area contributed by atoms with Crippen LogP contribution < -0.4 is 10.1 Å². The number of rotatable bonds is 7. The van der Waals surface area contributed by atoms with Crippen molar-refractivity contribution in [3.63, 3.8) is 0 Å². The lowest BCUT2D eigenvalue weighted by molar-refractivity contribution is -0.154. The van der Waals surface area contributed by atoms with Gasteiger partial charge in [0.15, 0.2) is 12.2 Å². The topological polar surface area (TPSA) is 99.1 Å². The highest BCUT2D eigenvalue weighted by Crippen LogP contribution is 2.20. The molecule has 166 valence electrons. The van der Waals surface area contributed by atoms with Crippen LogP contribution in [-0.4, -0.2) is 58.3 Å².